The molecule has 0 radical (unpaired) electrons. The molecule has 3 aromatic rings. The molecule has 0 bridgehead atoms. The van der Waals surface area contributed by atoms with Crippen LogP contribution < -0.4 is 0 Å². The lowest BCUT2D eigenvalue weighted by molar-refractivity contribution is 0.315. The Morgan fingerprint density at radius 3 is 2.47 bits per heavy atom. The normalized spacial score (nSPS) is 21.6. The van der Waals surface area contributed by atoms with Gasteiger partial charge in [0.05, 0.1) is 18.5 Å². The van der Waals surface area contributed by atoms with Gasteiger partial charge in [0.2, 0.25) is 10.0 Å². The summed E-state index contributed by atoms with van der Waals surface area (Å²) in [5.74, 6) is 2.61. The van der Waals surface area contributed by atoms with E-state index in [9.17, 15) is 8.42 Å². The molecule has 5 rings (SSSR count). The molecule has 1 saturated carbocycles. The molecule has 168 valence electrons. The van der Waals surface area contributed by atoms with Gasteiger partial charge < -0.3 is 0 Å². The zero-order valence-electron chi connectivity index (χ0n) is 18.1. The molecule has 6 nitrogen and oxygen atoms in total. The van der Waals surface area contributed by atoms with Crippen LogP contribution in [0.25, 0.3) is 5.69 Å². The number of sulfonamides is 1. The molecule has 1 aromatic heterocycles. The number of aromatic nitrogens is 3. The molecule has 0 unspecified atom stereocenters. The minimum atomic E-state index is -3.39. The summed E-state index contributed by atoms with van der Waals surface area (Å²) in [6.45, 7) is 0.489. The maximum absolute atomic E-state index is 12.4. The molecule has 1 aliphatic carbocycles. The van der Waals surface area contributed by atoms with Gasteiger partial charge in [0, 0.05) is 17.5 Å². The lowest BCUT2D eigenvalue weighted by Crippen LogP contribution is -2.28. The summed E-state index contributed by atoms with van der Waals surface area (Å²) in [5.41, 5.74) is 3.21. The van der Waals surface area contributed by atoms with Crippen molar-refractivity contribution in [3.05, 3.63) is 76.3 Å². The van der Waals surface area contributed by atoms with Gasteiger partial charge in [-0.1, -0.05) is 41.9 Å². The summed E-state index contributed by atoms with van der Waals surface area (Å²) in [6.07, 6.45) is 6.80. The Hall–Kier alpha value is -2.22. The molecule has 2 aromatic carbocycles. The fourth-order valence-corrected chi connectivity index (χ4v) is 5.99. The van der Waals surface area contributed by atoms with E-state index in [0.29, 0.717) is 22.7 Å². The van der Waals surface area contributed by atoms with E-state index in [-0.39, 0.29) is 13.1 Å². The van der Waals surface area contributed by atoms with E-state index in [4.69, 9.17) is 11.6 Å². The highest BCUT2D eigenvalue weighted by atomic mass is 35.5. The van der Waals surface area contributed by atoms with E-state index in [2.05, 4.69) is 45.1 Å². The van der Waals surface area contributed by atoms with Crippen LogP contribution in [0.3, 0.4) is 0 Å². The Morgan fingerprint density at radius 1 is 1.00 bits per heavy atom. The molecule has 8 heteroatoms. The van der Waals surface area contributed by atoms with Gasteiger partial charge in [-0.05, 0) is 67.3 Å². The number of nitrogens with zero attached hydrogens (tertiary/aromatic N) is 4. The summed E-state index contributed by atoms with van der Waals surface area (Å²) in [5, 5.41) is 9.60. The van der Waals surface area contributed by atoms with Gasteiger partial charge >= 0.3 is 0 Å². The molecule has 0 amide bonds. The highest BCUT2D eigenvalue weighted by Gasteiger charge is 2.32. The van der Waals surface area contributed by atoms with Crippen LogP contribution in [0.5, 0.6) is 0 Å². The fraction of sp³-hybridized carbons (Fsp3) is 0.417. The van der Waals surface area contributed by atoms with Crippen molar-refractivity contribution in [3.8, 4) is 5.69 Å². The van der Waals surface area contributed by atoms with Gasteiger partial charge in [0.15, 0.2) is 5.82 Å². The van der Waals surface area contributed by atoms with Gasteiger partial charge in [0.1, 0.15) is 5.82 Å². The van der Waals surface area contributed by atoms with Gasteiger partial charge in [-0.15, -0.1) is 10.2 Å². The van der Waals surface area contributed by atoms with Crippen LogP contribution in [-0.2, 0) is 29.5 Å². The van der Waals surface area contributed by atoms with Crippen molar-refractivity contribution in [3.63, 3.8) is 0 Å². The summed E-state index contributed by atoms with van der Waals surface area (Å²) in [4.78, 5) is 0. The topological polar surface area (TPSA) is 68.1 Å². The molecule has 0 N–H and O–H groups in total. The molecule has 1 fully saturated rings. The molecule has 0 saturated heterocycles. The summed E-state index contributed by atoms with van der Waals surface area (Å²) < 4.78 is 28.3. The summed E-state index contributed by atoms with van der Waals surface area (Å²) in [7, 11) is -3.39. The lowest BCUT2D eigenvalue weighted by atomic mass is 9.79. The van der Waals surface area contributed by atoms with E-state index in [1.807, 2.05) is 18.2 Å². The Bertz CT molecular complexity index is 1220. The number of rotatable bonds is 4. The summed E-state index contributed by atoms with van der Waals surface area (Å²) in [6, 6.07) is 16.4. The van der Waals surface area contributed by atoms with E-state index in [0.717, 1.165) is 49.2 Å². The van der Waals surface area contributed by atoms with E-state index in [1.54, 1.807) is 0 Å². The molecule has 0 spiro atoms. The van der Waals surface area contributed by atoms with Crippen LogP contribution in [0.2, 0.25) is 5.02 Å². The zero-order chi connectivity index (χ0) is 22.3. The highest BCUT2D eigenvalue weighted by Crippen LogP contribution is 2.39. The van der Waals surface area contributed by atoms with Crippen molar-refractivity contribution in [2.45, 2.75) is 51.1 Å². The van der Waals surface area contributed by atoms with Crippen molar-refractivity contribution < 1.29 is 8.42 Å². The first-order valence-corrected chi connectivity index (χ1v) is 13.3. The zero-order valence-corrected chi connectivity index (χ0v) is 19.7. The van der Waals surface area contributed by atoms with Crippen LogP contribution in [-0.4, -0.2) is 33.7 Å². The monoisotopic (exact) mass is 470 g/mol. The van der Waals surface area contributed by atoms with E-state index in [1.165, 1.54) is 16.1 Å². The number of hydrogen-bond acceptors (Lipinski definition) is 4. The van der Waals surface area contributed by atoms with Crippen molar-refractivity contribution in [2.75, 3.05) is 6.26 Å². The van der Waals surface area contributed by atoms with Crippen LogP contribution in [0.4, 0.5) is 0 Å². The number of halogens is 1. The van der Waals surface area contributed by atoms with Crippen molar-refractivity contribution >= 4 is 21.6 Å². The number of hydrogen-bond donors (Lipinski definition) is 0. The first-order chi connectivity index (χ1) is 15.4. The second kappa shape index (κ2) is 8.61. The third-order valence-corrected chi connectivity index (χ3v) is 8.18. The first-order valence-electron chi connectivity index (χ1n) is 11.1. The Balaban J connectivity index is 1.43. The minimum Gasteiger partial charge on any atom is -0.281 e. The highest BCUT2D eigenvalue weighted by molar-refractivity contribution is 7.88. The molecule has 32 heavy (non-hydrogen) atoms. The van der Waals surface area contributed by atoms with Gasteiger partial charge in [0.25, 0.3) is 0 Å². The van der Waals surface area contributed by atoms with Gasteiger partial charge in [-0.25, -0.2) is 8.42 Å². The van der Waals surface area contributed by atoms with Crippen LogP contribution in [0.15, 0.2) is 48.5 Å². The Kier molecular flexibility index (Phi) is 5.82. The second-order valence-electron chi connectivity index (χ2n) is 9.02. The smallest absolute Gasteiger partial charge is 0.211 e. The van der Waals surface area contributed by atoms with Crippen LogP contribution in [0, 0.1) is 5.92 Å². The van der Waals surface area contributed by atoms with Gasteiger partial charge in [-0.2, -0.15) is 4.31 Å². The fourth-order valence-electron chi connectivity index (χ4n) is 5.07. The Morgan fingerprint density at radius 2 is 1.75 bits per heavy atom. The van der Waals surface area contributed by atoms with E-state index >= 15 is 0 Å². The average Bonchev–Trinajstić information content (AvgIpc) is 3.10. The molecule has 0 atom stereocenters. The molecular formula is C24H27ClN4O2S. The third-order valence-electron chi connectivity index (χ3n) is 6.75. The SMILES string of the molecule is CS(=O)(=O)N1Cc2cc(Cl)ccc2-n2c(nnc2C2CCC(Cc3ccccc3)CC2)C1. The lowest BCUT2D eigenvalue weighted by Gasteiger charge is -2.28. The Labute approximate surface area is 194 Å². The largest absolute Gasteiger partial charge is 0.281 e. The minimum absolute atomic E-state index is 0.210. The standard InChI is InChI=1S/C24H27ClN4O2S/c1-32(30,31)28-15-20-14-21(25)11-12-22(20)29-23(16-28)26-27-24(29)19-9-7-18(8-10-19)13-17-5-3-2-4-6-17/h2-6,11-12,14,18-19H,7-10,13,15-16H2,1H3. The molecule has 1 aliphatic heterocycles. The average molecular weight is 471 g/mol. The number of fused-ring (bicyclic) bond motifs is 3. The van der Waals surface area contributed by atoms with Crippen LogP contribution in [0.1, 0.15) is 54.4 Å². The van der Waals surface area contributed by atoms with Crippen molar-refractivity contribution in [1.82, 2.24) is 19.1 Å². The summed E-state index contributed by atoms with van der Waals surface area (Å²) >= 11 is 6.26. The van der Waals surface area contributed by atoms with Crippen molar-refractivity contribution in [2.24, 2.45) is 5.92 Å². The van der Waals surface area contributed by atoms with E-state index < -0.39 is 10.0 Å². The van der Waals surface area contributed by atoms with Gasteiger partial charge in [-0.3, -0.25) is 4.57 Å². The predicted octanol–water partition coefficient (Wildman–Crippen LogP) is 4.71. The third kappa shape index (κ3) is 4.34. The molecule has 2 heterocycles. The molecule has 2 aliphatic rings. The van der Waals surface area contributed by atoms with Crippen molar-refractivity contribution in [1.29, 1.82) is 0 Å². The maximum Gasteiger partial charge on any atom is 0.211 e. The molecular weight excluding hydrogens is 444 g/mol. The quantitative estimate of drug-likeness (QED) is 0.553. The number of benzene rings is 2. The predicted molar refractivity (Wildman–Crippen MR) is 125 cm³/mol. The van der Waals surface area contributed by atoms with Crippen LogP contribution >= 0.6 is 11.6 Å². The second-order valence-corrected chi connectivity index (χ2v) is 11.4. The maximum atomic E-state index is 12.4. The first kappa shape index (κ1) is 21.6.